The normalized spacial score (nSPS) is 18.6. The molecule has 1 aromatic heterocycles. The van der Waals surface area contributed by atoms with Gasteiger partial charge in [-0.15, -0.1) is 11.8 Å². The Balaban J connectivity index is 1.55. The lowest BCUT2D eigenvalue weighted by Gasteiger charge is -2.19. The van der Waals surface area contributed by atoms with E-state index < -0.39 is 39.7 Å². The highest BCUT2D eigenvalue weighted by atomic mass is 35.5. The van der Waals surface area contributed by atoms with E-state index >= 15 is 0 Å². The van der Waals surface area contributed by atoms with Crippen LogP contribution in [0.4, 0.5) is 13.2 Å². The number of carboxylic acids is 1. The number of halogens is 4. The lowest BCUT2D eigenvalue weighted by Crippen LogP contribution is -2.39. The topological polar surface area (TPSA) is 74.7 Å². The van der Waals surface area contributed by atoms with Gasteiger partial charge in [0.1, 0.15) is 28.3 Å². The Hall–Kier alpha value is -2.65. The molecule has 0 radical (unpaired) electrons. The number of aliphatic carboxylic acids is 1. The Morgan fingerprint density at radius 3 is 2.77 bits per heavy atom. The molecular formula is C20H14ClF3N2O3S. The fourth-order valence-electron chi connectivity index (χ4n) is 3.20. The number of hydrogen-bond acceptors (Lipinski definition) is 4. The quantitative estimate of drug-likeness (QED) is 0.523. The summed E-state index contributed by atoms with van der Waals surface area (Å²) in [4.78, 5) is 19.3. The molecule has 0 spiro atoms. The molecule has 0 bridgehead atoms. The molecule has 2 heterocycles. The summed E-state index contributed by atoms with van der Waals surface area (Å²) in [5.41, 5.74) is -0.323. The summed E-state index contributed by atoms with van der Waals surface area (Å²) in [6.45, 7) is -0.252. The van der Waals surface area contributed by atoms with Crippen molar-refractivity contribution in [2.75, 3.05) is 12.4 Å². The molecule has 3 aromatic rings. The fraction of sp³-hybridized carbons (Fsp3) is 0.200. The van der Waals surface area contributed by atoms with Crippen LogP contribution in [0.5, 0.6) is 5.75 Å². The first kappa shape index (κ1) is 20.6. The molecule has 156 valence electrons. The Labute approximate surface area is 177 Å². The molecule has 0 saturated carbocycles. The minimum absolute atomic E-state index is 0.0458. The molecule has 2 N–H and O–H groups in total. The van der Waals surface area contributed by atoms with E-state index in [0.29, 0.717) is 16.3 Å². The van der Waals surface area contributed by atoms with Crippen LogP contribution in [-0.2, 0) is 11.2 Å². The van der Waals surface area contributed by atoms with Gasteiger partial charge in [-0.1, -0.05) is 11.6 Å². The molecule has 1 atom stereocenters. The van der Waals surface area contributed by atoms with Crippen LogP contribution in [0.15, 0.2) is 41.4 Å². The molecule has 0 amide bonds. The number of H-pyrrole nitrogens is 1. The van der Waals surface area contributed by atoms with Gasteiger partial charge in [-0.3, -0.25) is 4.99 Å². The summed E-state index contributed by atoms with van der Waals surface area (Å²) >= 11 is 6.89. The van der Waals surface area contributed by atoms with Gasteiger partial charge in [0.15, 0.2) is 17.1 Å². The average molecular weight is 455 g/mol. The number of hydrogen-bond donors (Lipinski definition) is 2. The van der Waals surface area contributed by atoms with Crippen molar-refractivity contribution in [3.05, 3.63) is 64.6 Å². The minimum Gasteiger partial charge on any atom is -0.482 e. The number of ether oxygens (including phenoxy) is 1. The molecule has 30 heavy (non-hydrogen) atoms. The van der Waals surface area contributed by atoms with Crippen molar-refractivity contribution in [3.8, 4) is 5.75 Å². The summed E-state index contributed by atoms with van der Waals surface area (Å²) in [5.74, 6) is -3.52. The number of rotatable bonds is 6. The van der Waals surface area contributed by atoms with Crippen LogP contribution in [0.25, 0.3) is 10.9 Å². The van der Waals surface area contributed by atoms with E-state index in [-0.39, 0.29) is 18.8 Å². The van der Waals surface area contributed by atoms with Gasteiger partial charge in [0.05, 0.1) is 0 Å². The largest absolute Gasteiger partial charge is 0.482 e. The zero-order valence-electron chi connectivity index (χ0n) is 15.2. The highest BCUT2D eigenvalue weighted by Gasteiger charge is 2.43. The van der Waals surface area contributed by atoms with Gasteiger partial charge < -0.3 is 14.8 Å². The van der Waals surface area contributed by atoms with E-state index in [1.165, 1.54) is 12.1 Å². The Bertz CT molecular complexity index is 1180. The monoisotopic (exact) mass is 454 g/mol. The predicted molar refractivity (Wildman–Crippen MR) is 109 cm³/mol. The van der Waals surface area contributed by atoms with Gasteiger partial charge in [-0.25, -0.2) is 18.0 Å². The maximum absolute atomic E-state index is 13.9. The number of aromatic nitrogens is 1. The number of nitrogens with zero attached hydrogens (tertiary/aromatic N) is 1. The highest BCUT2D eigenvalue weighted by molar-refractivity contribution is 8.14. The van der Waals surface area contributed by atoms with E-state index in [4.69, 9.17) is 16.3 Å². The number of carboxylic acid groups (broad SMARTS) is 1. The Morgan fingerprint density at radius 1 is 1.23 bits per heavy atom. The number of fused-ring (bicyclic) bond motifs is 1. The third-order valence-corrected chi connectivity index (χ3v) is 6.20. The van der Waals surface area contributed by atoms with Crippen molar-refractivity contribution in [1.29, 1.82) is 0 Å². The van der Waals surface area contributed by atoms with Crippen LogP contribution >= 0.6 is 23.4 Å². The van der Waals surface area contributed by atoms with Crippen LogP contribution in [-0.4, -0.2) is 39.0 Å². The minimum atomic E-state index is -1.47. The maximum atomic E-state index is 13.9. The molecule has 1 unspecified atom stereocenters. The van der Waals surface area contributed by atoms with Crippen molar-refractivity contribution >= 4 is 45.3 Å². The molecule has 1 aliphatic heterocycles. The Morgan fingerprint density at radius 2 is 2.00 bits per heavy atom. The second-order valence-corrected chi connectivity index (χ2v) is 8.22. The van der Waals surface area contributed by atoms with Crippen LogP contribution < -0.4 is 4.74 Å². The van der Waals surface area contributed by atoms with Gasteiger partial charge in [-0.2, -0.15) is 0 Å². The first-order valence-electron chi connectivity index (χ1n) is 8.76. The zero-order valence-corrected chi connectivity index (χ0v) is 16.8. The van der Waals surface area contributed by atoms with Gasteiger partial charge in [0.25, 0.3) is 0 Å². The number of benzene rings is 2. The van der Waals surface area contributed by atoms with E-state index in [1.54, 1.807) is 12.1 Å². The van der Waals surface area contributed by atoms with E-state index in [1.807, 2.05) is 0 Å². The molecule has 0 aliphatic carbocycles. The van der Waals surface area contributed by atoms with Crippen LogP contribution in [0.1, 0.15) is 5.69 Å². The number of aromatic amines is 1. The van der Waals surface area contributed by atoms with Gasteiger partial charge in [0, 0.05) is 23.4 Å². The molecule has 2 aromatic carbocycles. The summed E-state index contributed by atoms with van der Waals surface area (Å²) in [6, 6.07) is 7.77. The third kappa shape index (κ3) is 3.87. The van der Waals surface area contributed by atoms with Crippen molar-refractivity contribution < 1.29 is 27.8 Å². The number of carbonyl (C=O) groups is 1. The Kier molecular flexibility index (Phi) is 5.42. The van der Waals surface area contributed by atoms with Crippen LogP contribution in [0, 0.1) is 17.5 Å². The van der Waals surface area contributed by atoms with Crippen LogP contribution in [0.3, 0.4) is 0 Å². The molecule has 10 heteroatoms. The fourth-order valence-corrected chi connectivity index (χ4v) is 4.48. The number of thioether (sulfide) groups is 1. The van der Waals surface area contributed by atoms with Gasteiger partial charge in [-0.05, 0) is 41.8 Å². The van der Waals surface area contributed by atoms with Crippen molar-refractivity contribution in [1.82, 2.24) is 4.98 Å². The number of aliphatic imine (C=N–C) groups is 1. The predicted octanol–water partition coefficient (Wildman–Crippen LogP) is 4.83. The third-order valence-electron chi connectivity index (χ3n) is 4.68. The SMILES string of the molecule is O=C(O)C1(Cc2cc3ccc(F)cc3[nH]2)CSC(COc2c(F)ccc(F)c2Cl)=N1. The van der Waals surface area contributed by atoms with Gasteiger partial charge >= 0.3 is 5.97 Å². The molecule has 0 fully saturated rings. The van der Waals surface area contributed by atoms with E-state index in [2.05, 4.69) is 9.98 Å². The zero-order chi connectivity index (χ0) is 21.5. The molecule has 4 rings (SSSR count). The summed E-state index contributed by atoms with van der Waals surface area (Å²) < 4.78 is 46.1. The smallest absolute Gasteiger partial charge is 0.332 e. The molecular weight excluding hydrogens is 441 g/mol. The van der Waals surface area contributed by atoms with Crippen molar-refractivity contribution in [2.45, 2.75) is 12.0 Å². The highest BCUT2D eigenvalue weighted by Crippen LogP contribution is 2.34. The lowest BCUT2D eigenvalue weighted by atomic mass is 9.96. The van der Waals surface area contributed by atoms with Crippen molar-refractivity contribution in [2.24, 2.45) is 4.99 Å². The first-order valence-corrected chi connectivity index (χ1v) is 10.1. The summed E-state index contributed by atoms with van der Waals surface area (Å²) in [7, 11) is 0. The molecule has 0 saturated heterocycles. The average Bonchev–Trinajstić information content (AvgIpc) is 3.29. The van der Waals surface area contributed by atoms with Crippen molar-refractivity contribution in [3.63, 3.8) is 0 Å². The standard InChI is InChI=1S/C20H14ClF3N2O3S/c21-17-13(23)3-4-14(24)18(17)29-8-16-26-20(9-30-16,19(27)28)7-12-5-10-1-2-11(22)6-15(10)25-12/h1-6,25H,7-9H2,(H,27,28). The molecule has 1 aliphatic rings. The second-order valence-electron chi connectivity index (χ2n) is 6.79. The second kappa shape index (κ2) is 7.88. The maximum Gasteiger partial charge on any atom is 0.332 e. The summed E-state index contributed by atoms with van der Waals surface area (Å²) in [5, 5.41) is 10.4. The molecule has 5 nitrogen and oxygen atoms in total. The van der Waals surface area contributed by atoms with Gasteiger partial charge in [0.2, 0.25) is 0 Å². The van der Waals surface area contributed by atoms with Crippen LogP contribution in [0.2, 0.25) is 5.02 Å². The van der Waals surface area contributed by atoms with E-state index in [9.17, 15) is 23.1 Å². The number of nitrogens with one attached hydrogen (secondary N) is 1. The first-order chi connectivity index (χ1) is 14.3. The van der Waals surface area contributed by atoms with E-state index in [0.717, 1.165) is 29.3 Å². The summed E-state index contributed by atoms with van der Waals surface area (Å²) in [6.07, 6.45) is 0.0458. The lowest BCUT2D eigenvalue weighted by molar-refractivity contribution is -0.142.